The van der Waals surface area contributed by atoms with E-state index in [-0.39, 0.29) is 17.6 Å². The molecule has 2 unspecified atom stereocenters. The number of benzene rings is 1. The zero-order chi connectivity index (χ0) is 15.4. The average Bonchev–Trinajstić information content (AvgIpc) is 2.84. The van der Waals surface area contributed by atoms with Crippen LogP contribution in [0.15, 0.2) is 18.2 Å². The van der Waals surface area contributed by atoms with Crippen molar-refractivity contribution in [3.05, 3.63) is 33.9 Å². The van der Waals surface area contributed by atoms with E-state index < -0.39 is 4.92 Å². The highest BCUT2D eigenvalue weighted by Crippen LogP contribution is 2.32. The molecule has 0 bridgehead atoms. The molecule has 0 spiro atoms. The number of nitrogens with one attached hydrogen (secondary N) is 2. The van der Waals surface area contributed by atoms with E-state index in [9.17, 15) is 14.9 Å². The topological polar surface area (TPSA) is 84.3 Å². The third kappa shape index (κ3) is 3.71. The molecule has 0 aromatic heterocycles. The summed E-state index contributed by atoms with van der Waals surface area (Å²) in [6.45, 7) is 4.54. The number of carbonyl (C=O) groups is 1. The summed E-state index contributed by atoms with van der Waals surface area (Å²) in [5.41, 5.74) is 0.890. The largest absolute Gasteiger partial charge is 0.377 e. The molecule has 6 nitrogen and oxygen atoms in total. The quantitative estimate of drug-likeness (QED) is 0.645. The van der Waals surface area contributed by atoms with Gasteiger partial charge in [0.25, 0.3) is 11.6 Å². The van der Waals surface area contributed by atoms with Crippen LogP contribution in [0.2, 0.25) is 0 Å². The van der Waals surface area contributed by atoms with Gasteiger partial charge in [0.05, 0.1) is 4.92 Å². The Hall–Kier alpha value is -2.11. The molecule has 1 saturated carbocycles. The highest BCUT2D eigenvalue weighted by molar-refractivity contribution is 5.95. The molecule has 0 radical (unpaired) electrons. The van der Waals surface area contributed by atoms with Gasteiger partial charge in [-0.15, -0.1) is 0 Å². The molecule has 1 fully saturated rings. The van der Waals surface area contributed by atoms with E-state index in [4.69, 9.17) is 0 Å². The Labute approximate surface area is 124 Å². The van der Waals surface area contributed by atoms with E-state index >= 15 is 0 Å². The Balaban J connectivity index is 2.24. The van der Waals surface area contributed by atoms with Crippen LogP contribution in [-0.4, -0.2) is 23.4 Å². The summed E-state index contributed by atoms with van der Waals surface area (Å²) in [6, 6.07) is 4.70. The number of amides is 1. The van der Waals surface area contributed by atoms with Crippen LogP contribution < -0.4 is 10.6 Å². The van der Waals surface area contributed by atoms with Crippen molar-refractivity contribution in [2.24, 2.45) is 5.92 Å². The Bertz CT molecular complexity index is 545. The zero-order valence-electron chi connectivity index (χ0n) is 12.4. The summed E-state index contributed by atoms with van der Waals surface area (Å²) >= 11 is 0. The maximum atomic E-state index is 11.9. The Morgan fingerprint density at radius 3 is 2.76 bits per heavy atom. The van der Waals surface area contributed by atoms with Gasteiger partial charge in [-0.25, -0.2) is 0 Å². The first-order valence-corrected chi connectivity index (χ1v) is 7.34. The molecular weight excluding hydrogens is 270 g/mol. The Kier molecular flexibility index (Phi) is 4.77. The lowest BCUT2D eigenvalue weighted by molar-refractivity contribution is -0.384. The summed E-state index contributed by atoms with van der Waals surface area (Å²) in [6.07, 6.45) is 3.13. The van der Waals surface area contributed by atoms with Crippen LogP contribution in [0.4, 0.5) is 11.4 Å². The van der Waals surface area contributed by atoms with Gasteiger partial charge in [-0.1, -0.05) is 6.92 Å². The van der Waals surface area contributed by atoms with Gasteiger partial charge < -0.3 is 10.6 Å². The van der Waals surface area contributed by atoms with E-state index in [1.165, 1.54) is 12.1 Å². The number of hydrogen-bond acceptors (Lipinski definition) is 4. The first kappa shape index (κ1) is 15.3. The van der Waals surface area contributed by atoms with Gasteiger partial charge in [0.1, 0.15) is 5.69 Å². The first-order valence-electron chi connectivity index (χ1n) is 7.34. The van der Waals surface area contributed by atoms with Crippen LogP contribution in [0.25, 0.3) is 0 Å². The molecule has 6 heteroatoms. The summed E-state index contributed by atoms with van der Waals surface area (Å²) in [5.74, 6) is 0.420. The van der Waals surface area contributed by atoms with Crippen molar-refractivity contribution in [1.82, 2.24) is 5.32 Å². The number of rotatable bonds is 5. The maximum absolute atomic E-state index is 11.9. The van der Waals surface area contributed by atoms with Gasteiger partial charge in [0.15, 0.2) is 0 Å². The third-order valence-electron chi connectivity index (χ3n) is 3.85. The molecular formula is C15H21N3O3. The minimum atomic E-state index is -0.414. The molecule has 114 valence electrons. The first-order chi connectivity index (χ1) is 10.0. The molecule has 0 heterocycles. The number of hydrogen-bond donors (Lipinski definition) is 2. The lowest BCUT2D eigenvalue weighted by Crippen LogP contribution is -2.23. The molecule has 0 aliphatic heterocycles. The summed E-state index contributed by atoms with van der Waals surface area (Å²) in [5, 5.41) is 17.1. The molecule has 2 N–H and O–H groups in total. The van der Waals surface area contributed by atoms with E-state index in [0.717, 1.165) is 19.3 Å². The molecule has 2 atom stereocenters. The lowest BCUT2D eigenvalue weighted by atomic mass is 10.1. The third-order valence-corrected chi connectivity index (χ3v) is 3.85. The summed E-state index contributed by atoms with van der Waals surface area (Å²) in [4.78, 5) is 22.6. The van der Waals surface area contributed by atoms with E-state index in [1.54, 1.807) is 6.07 Å². The van der Waals surface area contributed by atoms with E-state index in [1.807, 2.05) is 6.92 Å². The number of nitro benzene ring substituents is 1. The molecule has 0 saturated heterocycles. The van der Waals surface area contributed by atoms with Crippen molar-refractivity contribution < 1.29 is 9.72 Å². The zero-order valence-corrected chi connectivity index (χ0v) is 12.4. The van der Waals surface area contributed by atoms with Crippen molar-refractivity contribution >= 4 is 17.3 Å². The van der Waals surface area contributed by atoms with Crippen molar-refractivity contribution in [3.8, 4) is 0 Å². The number of anilines is 1. The van der Waals surface area contributed by atoms with Gasteiger partial charge in [-0.05, 0) is 44.2 Å². The predicted octanol–water partition coefficient (Wildman–Crippen LogP) is 2.95. The second-order valence-corrected chi connectivity index (χ2v) is 5.61. The van der Waals surface area contributed by atoms with Crippen molar-refractivity contribution in [2.75, 3.05) is 11.9 Å². The van der Waals surface area contributed by atoms with Crippen LogP contribution in [0.5, 0.6) is 0 Å². The second-order valence-electron chi connectivity index (χ2n) is 5.61. The van der Waals surface area contributed by atoms with Crippen LogP contribution in [0.1, 0.15) is 43.5 Å². The van der Waals surface area contributed by atoms with Crippen molar-refractivity contribution in [1.29, 1.82) is 0 Å². The Morgan fingerprint density at radius 1 is 1.43 bits per heavy atom. The van der Waals surface area contributed by atoms with Gasteiger partial charge >= 0.3 is 0 Å². The van der Waals surface area contributed by atoms with E-state index in [0.29, 0.717) is 23.7 Å². The van der Waals surface area contributed by atoms with Crippen molar-refractivity contribution in [3.63, 3.8) is 0 Å². The van der Waals surface area contributed by atoms with Crippen LogP contribution in [0.3, 0.4) is 0 Å². The second kappa shape index (κ2) is 6.56. The minimum Gasteiger partial charge on any atom is -0.377 e. The fourth-order valence-corrected chi connectivity index (χ4v) is 2.77. The maximum Gasteiger partial charge on any atom is 0.292 e. The lowest BCUT2D eigenvalue weighted by Gasteiger charge is -2.15. The monoisotopic (exact) mass is 291 g/mol. The SMILES string of the molecule is CCNC(=O)c1ccc([N+](=O)[O-])c(NC2CCC(C)C2)c1. The highest BCUT2D eigenvalue weighted by Gasteiger charge is 2.24. The molecule has 1 aliphatic carbocycles. The van der Waals surface area contributed by atoms with Crippen LogP contribution in [-0.2, 0) is 0 Å². The fraction of sp³-hybridized carbons (Fsp3) is 0.533. The van der Waals surface area contributed by atoms with Gasteiger partial charge in [-0.3, -0.25) is 14.9 Å². The summed E-state index contributed by atoms with van der Waals surface area (Å²) < 4.78 is 0. The summed E-state index contributed by atoms with van der Waals surface area (Å²) in [7, 11) is 0. The van der Waals surface area contributed by atoms with E-state index in [2.05, 4.69) is 17.6 Å². The molecule has 2 rings (SSSR count). The Morgan fingerprint density at radius 2 is 2.19 bits per heavy atom. The van der Waals surface area contributed by atoms with Gasteiger partial charge in [0, 0.05) is 24.2 Å². The standard InChI is InChI=1S/C15H21N3O3/c1-3-16-15(19)11-5-7-14(18(20)21)13(9-11)17-12-6-4-10(2)8-12/h5,7,9-10,12,17H,3-4,6,8H2,1-2H3,(H,16,19). The molecule has 21 heavy (non-hydrogen) atoms. The number of nitrogens with zero attached hydrogens (tertiary/aromatic N) is 1. The molecule has 1 aliphatic rings. The van der Waals surface area contributed by atoms with Gasteiger partial charge in [0.2, 0.25) is 0 Å². The number of carbonyl (C=O) groups excluding carboxylic acids is 1. The van der Waals surface area contributed by atoms with Crippen LogP contribution >= 0.6 is 0 Å². The number of nitro groups is 1. The molecule has 1 aromatic rings. The normalized spacial score (nSPS) is 21.0. The van der Waals surface area contributed by atoms with Gasteiger partial charge in [-0.2, -0.15) is 0 Å². The minimum absolute atomic E-state index is 0.0163. The smallest absolute Gasteiger partial charge is 0.292 e. The fourth-order valence-electron chi connectivity index (χ4n) is 2.77. The van der Waals surface area contributed by atoms with Crippen molar-refractivity contribution in [2.45, 2.75) is 39.2 Å². The molecule has 1 aromatic carbocycles. The molecule has 1 amide bonds. The predicted molar refractivity (Wildman–Crippen MR) is 81.5 cm³/mol. The average molecular weight is 291 g/mol. The highest BCUT2D eigenvalue weighted by atomic mass is 16.6. The van der Waals surface area contributed by atoms with Crippen LogP contribution in [0, 0.1) is 16.0 Å².